The van der Waals surface area contributed by atoms with Gasteiger partial charge in [0, 0.05) is 6.04 Å². The average molecular weight is 341 g/mol. The molecule has 2 aromatic carbocycles. The maximum Gasteiger partial charge on any atom is 0.260 e. The van der Waals surface area contributed by atoms with Gasteiger partial charge >= 0.3 is 0 Å². The zero-order valence-corrected chi connectivity index (χ0v) is 15.4. The van der Waals surface area contributed by atoms with Gasteiger partial charge in [0.15, 0.2) is 6.10 Å². The maximum absolute atomic E-state index is 12.4. The Hall–Kier alpha value is -2.33. The number of ether oxygens (including phenoxy) is 1. The Bertz CT molecular complexity index is 707. The first-order valence-electron chi connectivity index (χ1n) is 8.61. The van der Waals surface area contributed by atoms with Crippen molar-refractivity contribution in [3.63, 3.8) is 0 Å². The molecule has 0 aliphatic carbocycles. The molecule has 2 atom stereocenters. The van der Waals surface area contributed by atoms with E-state index in [-0.39, 0.29) is 18.6 Å². The number of benzene rings is 2. The Morgan fingerprint density at radius 2 is 1.76 bits per heavy atom. The third kappa shape index (κ3) is 5.91. The fourth-order valence-electron chi connectivity index (χ4n) is 2.93. The van der Waals surface area contributed by atoms with Gasteiger partial charge in [-0.3, -0.25) is 4.79 Å². The van der Waals surface area contributed by atoms with Crippen molar-refractivity contribution < 1.29 is 14.6 Å². The molecule has 2 N–H and O–H groups in total. The van der Waals surface area contributed by atoms with Crippen molar-refractivity contribution in [3.05, 3.63) is 64.7 Å². The summed E-state index contributed by atoms with van der Waals surface area (Å²) in [6, 6.07) is 13.6. The highest BCUT2D eigenvalue weighted by Gasteiger charge is 2.17. The second-order valence-electron chi connectivity index (χ2n) is 6.68. The van der Waals surface area contributed by atoms with Crippen LogP contribution in [-0.2, 0) is 17.8 Å². The number of nitrogens with one attached hydrogen (secondary N) is 1. The lowest BCUT2D eigenvalue weighted by atomic mass is 10.0. The predicted octanol–water partition coefficient (Wildman–Crippen LogP) is 3.31. The fourth-order valence-corrected chi connectivity index (χ4v) is 2.93. The summed E-state index contributed by atoms with van der Waals surface area (Å²) in [4.78, 5) is 12.4. The van der Waals surface area contributed by atoms with Crippen LogP contribution in [-0.4, -0.2) is 23.2 Å². The summed E-state index contributed by atoms with van der Waals surface area (Å²) in [5.41, 5.74) is 4.44. The number of aryl methyl sites for hydroxylation is 2. The van der Waals surface area contributed by atoms with E-state index in [4.69, 9.17) is 9.84 Å². The third-order valence-electron chi connectivity index (χ3n) is 3.98. The summed E-state index contributed by atoms with van der Waals surface area (Å²) in [6.07, 6.45) is 0.177. The first kappa shape index (κ1) is 19.0. The summed E-state index contributed by atoms with van der Waals surface area (Å²) in [5, 5.41) is 12.2. The van der Waals surface area contributed by atoms with Crippen molar-refractivity contribution in [2.24, 2.45) is 0 Å². The molecule has 0 heterocycles. The number of rotatable bonds is 7. The van der Waals surface area contributed by atoms with Crippen LogP contribution in [0.15, 0.2) is 42.5 Å². The molecule has 2 unspecified atom stereocenters. The van der Waals surface area contributed by atoms with Gasteiger partial charge in [0.25, 0.3) is 5.91 Å². The van der Waals surface area contributed by atoms with Gasteiger partial charge in [-0.05, 0) is 57.4 Å². The summed E-state index contributed by atoms with van der Waals surface area (Å²) in [5.74, 6) is 0.433. The molecule has 2 rings (SSSR count). The van der Waals surface area contributed by atoms with E-state index in [1.165, 1.54) is 16.7 Å². The van der Waals surface area contributed by atoms with Crippen LogP contribution in [0.2, 0.25) is 0 Å². The lowest BCUT2D eigenvalue weighted by Crippen LogP contribution is -2.42. The minimum atomic E-state index is -0.601. The van der Waals surface area contributed by atoms with Crippen LogP contribution in [0.25, 0.3) is 0 Å². The lowest BCUT2D eigenvalue weighted by Gasteiger charge is -2.19. The number of aliphatic hydroxyl groups is 1. The predicted molar refractivity (Wildman–Crippen MR) is 99.7 cm³/mol. The van der Waals surface area contributed by atoms with Crippen molar-refractivity contribution in [3.8, 4) is 5.75 Å². The molecule has 1 amide bonds. The molecule has 0 aliphatic heterocycles. The van der Waals surface area contributed by atoms with E-state index in [1.54, 1.807) is 25.1 Å². The van der Waals surface area contributed by atoms with Crippen LogP contribution < -0.4 is 10.1 Å². The maximum atomic E-state index is 12.4. The third-order valence-corrected chi connectivity index (χ3v) is 3.98. The van der Waals surface area contributed by atoms with E-state index >= 15 is 0 Å². The number of hydrogen-bond donors (Lipinski definition) is 2. The molecule has 4 nitrogen and oxygen atoms in total. The van der Waals surface area contributed by atoms with E-state index in [1.807, 2.05) is 13.0 Å². The Balaban J connectivity index is 1.91. The Morgan fingerprint density at radius 3 is 2.40 bits per heavy atom. The first-order chi connectivity index (χ1) is 11.9. The standard InChI is InChI=1S/C21H27NO3/c1-14-8-15(2)10-19(9-14)11-16(3)22-21(24)17(4)25-20-7-5-6-18(12-20)13-23/h5-10,12,16-17,23H,11,13H2,1-4H3,(H,22,24). The van der Waals surface area contributed by atoms with Crippen molar-refractivity contribution in [1.82, 2.24) is 5.32 Å². The van der Waals surface area contributed by atoms with Crippen LogP contribution >= 0.6 is 0 Å². The molecule has 4 heteroatoms. The molecule has 0 aliphatic rings. The number of aliphatic hydroxyl groups excluding tert-OH is 1. The van der Waals surface area contributed by atoms with Crippen molar-refractivity contribution in [1.29, 1.82) is 0 Å². The Kier molecular flexibility index (Phi) is 6.59. The monoisotopic (exact) mass is 341 g/mol. The van der Waals surface area contributed by atoms with Crippen molar-refractivity contribution >= 4 is 5.91 Å². The number of carbonyl (C=O) groups is 1. The largest absolute Gasteiger partial charge is 0.481 e. The summed E-state index contributed by atoms with van der Waals surface area (Å²) >= 11 is 0. The van der Waals surface area contributed by atoms with Crippen molar-refractivity contribution in [2.75, 3.05) is 0 Å². The smallest absolute Gasteiger partial charge is 0.260 e. The van der Waals surface area contributed by atoms with E-state index in [0.29, 0.717) is 5.75 Å². The number of carbonyl (C=O) groups excluding carboxylic acids is 1. The second kappa shape index (κ2) is 8.67. The number of amides is 1. The lowest BCUT2D eigenvalue weighted by molar-refractivity contribution is -0.127. The molecule has 0 saturated carbocycles. The molecule has 2 aromatic rings. The zero-order valence-electron chi connectivity index (χ0n) is 15.4. The second-order valence-corrected chi connectivity index (χ2v) is 6.68. The highest BCUT2D eigenvalue weighted by atomic mass is 16.5. The molecule has 0 bridgehead atoms. The summed E-state index contributed by atoms with van der Waals surface area (Å²) < 4.78 is 5.68. The van der Waals surface area contributed by atoms with Gasteiger partial charge in [-0.2, -0.15) is 0 Å². The van der Waals surface area contributed by atoms with Gasteiger partial charge in [0.05, 0.1) is 6.61 Å². The summed E-state index contributed by atoms with van der Waals surface area (Å²) in [6.45, 7) is 7.83. The highest BCUT2D eigenvalue weighted by Crippen LogP contribution is 2.15. The Labute approximate surface area is 149 Å². The van der Waals surface area contributed by atoms with Gasteiger partial charge in [-0.15, -0.1) is 0 Å². The van der Waals surface area contributed by atoms with Gasteiger partial charge in [0.2, 0.25) is 0 Å². The van der Waals surface area contributed by atoms with Crippen LogP contribution in [0.3, 0.4) is 0 Å². The first-order valence-corrected chi connectivity index (χ1v) is 8.61. The van der Waals surface area contributed by atoms with Gasteiger partial charge in [0.1, 0.15) is 5.75 Å². The van der Waals surface area contributed by atoms with Crippen molar-refractivity contribution in [2.45, 2.75) is 52.9 Å². The minimum absolute atomic E-state index is 0.0172. The molecular weight excluding hydrogens is 314 g/mol. The number of hydrogen-bond acceptors (Lipinski definition) is 3. The van der Waals surface area contributed by atoms with Crippen LogP contribution in [0, 0.1) is 13.8 Å². The van der Waals surface area contributed by atoms with E-state index < -0.39 is 6.10 Å². The molecule has 0 aromatic heterocycles. The quantitative estimate of drug-likeness (QED) is 0.812. The van der Waals surface area contributed by atoms with E-state index in [9.17, 15) is 4.79 Å². The minimum Gasteiger partial charge on any atom is -0.481 e. The normalized spacial score (nSPS) is 13.2. The molecule has 134 valence electrons. The van der Waals surface area contributed by atoms with Crippen LogP contribution in [0.4, 0.5) is 0 Å². The zero-order chi connectivity index (χ0) is 18.4. The molecule has 0 spiro atoms. The van der Waals surface area contributed by atoms with Gasteiger partial charge in [-0.25, -0.2) is 0 Å². The topological polar surface area (TPSA) is 58.6 Å². The van der Waals surface area contributed by atoms with Crippen LogP contribution in [0.1, 0.15) is 36.1 Å². The molecule has 0 radical (unpaired) electrons. The highest BCUT2D eigenvalue weighted by molar-refractivity contribution is 5.81. The molecule has 0 fully saturated rings. The van der Waals surface area contributed by atoms with Gasteiger partial charge < -0.3 is 15.2 Å². The SMILES string of the molecule is Cc1cc(C)cc(CC(C)NC(=O)C(C)Oc2cccc(CO)c2)c1. The van der Waals surface area contributed by atoms with Crippen LogP contribution in [0.5, 0.6) is 5.75 Å². The molecular formula is C21H27NO3. The van der Waals surface area contributed by atoms with E-state index in [0.717, 1.165) is 12.0 Å². The van der Waals surface area contributed by atoms with Gasteiger partial charge in [-0.1, -0.05) is 41.5 Å². The molecule has 25 heavy (non-hydrogen) atoms. The summed E-state index contributed by atoms with van der Waals surface area (Å²) in [7, 11) is 0. The van der Waals surface area contributed by atoms with E-state index in [2.05, 4.69) is 37.4 Å². The average Bonchev–Trinajstić information content (AvgIpc) is 2.53. The molecule has 0 saturated heterocycles. The fraction of sp³-hybridized carbons (Fsp3) is 0.381. The Morgan fingerprint density at radius 1 is 1.08 bits per heavy atom.